The van der Waals surface area contributed by atoms with Gasteiger partial charge in [-0.15, -0.1) is 0 Å². The lowest BCUT2D eigenvalue weighted by molar-refractivity contribution is -0.0433. The number of benzene rings is 3. The summed E-state index contributed by atoms with van der Waals surface area (Å²) in [6.45, 7) is 6.86. The first-order chi connectivity index (χ1) is 18.4. The molecular formula is C31H36F2N2O3Si. The number of carboxylic acid groups (broad SMARTS) is 1. The highest BCUT2D eigenvalue weighted by Crippen LogP contribution is 2.37. The Hall–Kier alpha value is -3.33. The van der Waals surface area contributed by atoms with Crippen LogP contribution in [0.4, 0.5) is 8.78 Å². The van der Waals surface area contributed by atoms with Crippen LogP contribution in [0.1, 0.15) is 43.6 Å². The van der Waals surface area contributed by atoms with Gasteiger partial charge in [-0.1, -0.05) is 87.5 Å². The normalized spacial score (nSPS) is 13.5. The van der Waals surface area contributed by atoms with E-state index in [4.69, 9.17) is 4.43 Å². The molecule has 8 heteroatoms. The highest BCUT2D eigenvalue weighted by molar-refractivity contribution is 6.99. The minimum absolute atomic E-state index is 0.197. The topological polar surface area (TPSA) is 74.4 Å². The van der Waals surface area contributed by atoms with Gasteiger partial charge in [0, 0.05) is 23.1 Å². The van der Waals surface area contributed by atoms with Gasteiger partial charge in [0.15, 0.2) is 0 Å². The number of carbonyl (C=O) groups is 1. The number of aromatic carboxylic acids is 1. The third-order valence-electron chi connectivity index (χ3n) is 7.17. The third-order valence-corrected chi connectivity index (χ3v) is 12.1. The predicted molar refractivity (Wildman–Crippen MR) is 155 cm³/mol. The van der Waals surface area contributed by atoms with E-state index in [1.165, 1.54) is 0 Å². The summed E-state index contributed by atoms with van der Waals surface area (Å²) in [5.74, 6) is -4.08. The second kappa shape index (κ2) is 11.4. The Morgan fingerprint density at radius 3 is 2.13 bits per heavy atom. The van der Waals surface area contributed by atoms with Crippen LogP contribution < -0.4 is 15.7 Å². The minimum atomic E-state index is -3.09. The number of nitrogens with one attached hydrogen (secondary N) is 2. The second-order valence-corrected chi connectivity index (χ2v) is 15.5. The summed E-state index contributed by atoms with van der Waals surface area (Å²) in [7, 11) is -3.06. The Morgan fingerprint density at radius 1 is 1.00 bits per heavy atom. The molecule has 0 radical (unpaired) electrons. The van der Waals surface area contributed by atoms with Gasteiger partial charge >= 0.3 is 5.97 Å². The number of aromatic amines is 1. The molecule has 4 rings (SSSR count). The van der Waals surface area contributed by atoms with Crippen molar-refractivity contribution in [2.24, 2.45) is 0 Å². The summed E-state index contributed by atoms with van der Waals surface area (Å²) in [4.78, 5) is 14.3. The molecule has 1 heterocycles. The van der Waals surface area contributed by atoms with E-state index in [2.05, 4.69) is 31.1 Å². The largest absolute Gasteiger partial charge is 0.478 e. The minimum Gasteiger partial charge on any atom is -0.478 e. The molecule has 4 aromatic rings. The molecule has 1 atom stereocenters. The maximum atomic E-state index is 15.4. The zero-order valence-corrected chi connectivity index (χ0v) is 23.8. The van der Waals surface area contributed by atoms with Crippen LogP contribution in [0.25, 0.3) is 10.9 Å². The highest BCUT2D eigenvalue weighted by Gasteiger charge is 2.51. The molecule has 0 aliphatic rings. The van der Waals surface area contributed by atoms with Crippen molar-refractivity contribution in [3.8, 4) is 0 Å². The quantitative estimate of drug-likeness (QED) is 0.213. The lowest BCUT2D eigenvalue weighted by Crippen LogP contribution is -2.67. The van der Waals surface area contributed by atoms with Gasteiger partial charge in [0.2, 0.25) is 0 Å². The van der Waals surface area contributed by atoms with E-state index in [0.29, 0.717) is 11.9 Å². The zero-order chi connectivity index (χ0) is 28.3. The maximum Gasteiger partial charge on any atom is 0.335 e. The molecule has 0 unspecified atom stereocenters. The zero-order valence-electron chi connectivity index (χ0n) is 22.8. The van der Waals surface area contributed by atoms with Gasteiger partial charge in [-0.25, -0.2) is 13.6 Å². The molecule has 0 saturated heterocycles. The van der Waals surface area contributed by atoms with Crippen molar-refractivity contribution in [3.63, 3.8) is 0 Å². The summed E-state index contributed by atoms with van der Waals surface area (Å²) in [6, 6.07) is 24.2. The second-order valence-electron chi connectivity index (χ2n) is 11.2. The summed E-state index contributed by atoms with van der Waals surface area (Å²) in [6.07, 6.45) is 2.32. The SMILES string of the molecule is C[C@H](Cc1c[nH]c2cc(C(=O)O)ccc12)NCC(F)(F)CO[Si](c1ccccc1)(c1ccccc1)C(C)(C)C. The molecule has 0 aliphatic carbocycles. The molecule has 0 aliphatic heterocycles. The van der Waals surface area contributed by atoms with E-state index in [1.54, 1.807) is 24.4 Å². The van der Waals surface area contributed by atoms with E-state index >= 15 is 8.78 Å². The van der Waals surface area contributed by atoms with Gasteiger partial charge in [0.1, 0.15) is 0 Å². The molecule has 39 heavy (non-hydrogen) atoms. The monoisotopic (exact) mass is 550 g/mol. The molecule has 206 valence electrons. The Kier molecular flexibility index (Phi) is 8.39. The van der Waals surface area contributed by atoms with Gasteiger partial charge in [-0.05, 0) is 46.5 Å². The van der Waals surface area contributed by atoms with Crippen molar-refractivity contribution in [2.45, 2.75) is 51.1 Å². The van der Waals surface area contributed by atoms with Crippen LogP contribution in [0.3, 0.4) is 0 Å². The van der Waals surface area contributed by atoms with Gasteiger partial charge < -0.3 is 19.8 Å². The fourth-order valence-electron chi connectivity index (χ4n) is 5.24. The van der Waals surface area contributed by atoms with Crippen molar-refractivity contribution in [3.05, 3.63) is 96.2 Å². The lowest BCUT2D eigenvalue weighted by atomic mass is 10.0. The molecule has 0 fully saturated rings. The van der Waals surface area contributed by atoms with Crippen LogP contribution in [0.5, 0.6) is 0 Å². The van der Waals surface area contributed by atoms with Crippen LogP contribution in [-0.2, 0) is 10.8 Å². The van der Waals surface area contributed by atoms with Crippen LogP contribution in [0.15, 0.2) is 85.1 Å². The van der Waals surface area contributed by atoms with Crippen molar-refractivity contribution in [2.75, 3.05) is 13.2 Å². The number of fused-ring (bicyclic) bond motifs is 1. The van der Waals surface area contributed by atoms with Crippen LogP contribution >= 0.6 is 0 Å². The summed E-state index contributed by atoms with van der Waals surface area (Å²) in [5, 5.41) is 14.6. The number of carboxylic acids is 1. The first kappa shape index (κ1) is 28.7. The first-order valence-corrected chi connectivity index (χ1v) is 15.0. The average Bonchev–Trinajstić information content (AvgIpc) is 3.30. The van der Waals surface area contributed by atoms with Crippen LogP contribution in [-0.4, -0.2) is 49.5 Å². The van der Waals surface area contributed by atoms with E-state index < -0.39 is 33.4 Å². The summed E-state index contributed by atoms with van der Waals surface area (Å²) in [5.41, 5.74) is 1.84. The predicted octanol–water partition coefficient (Wildman–Crippen LogP) is 5.60. The van der Waals surface area contributed by atoms with Crippen molar-refractivity contribution >= 4 is 35.6 Å². The van der Waals surface area contributed by atoms with E-state index in [-0.39, 0.29) is 16.6 Å². The van der Waals surface area contributed by atoms with Crippen molar-refractivity contribution < 1.29 is 23.1 Å². The van der Waals surface area contributed by atoms with Gasteiger partial charge in [-0.3, -0.25) is 0 Å². The highest BCUT2D eigenvalue weighted by atomic mass is 28.4. The number of hydrogen-bond acceptors (Lipinski definition) is 3. The smallest absolute Gasteiger partial charge is 0.335 e. The van der Waals surface area contributed by atoms with Crippen molar-refractivity contribution in [1.82, 2.24) is 10.3 Å². The number of halogens is 2. The number of alkyl halides is 2. The van der Waals surface area contributed by atoms with E-state index in [1.807, 2.05) is 67.6 Å². The lowest BCUT2D eigenvalue weighted by Gasteiger charge is -2.43. The maximum absolute atomic E-state index is 15.4. The fraction of sp³-hybridized carbons (Fsp3) is 0.323. The molecule has 5 nitrogen and oxygen atoms in total. The standard InChI is InChI=1S/C31H36F2N2O3Si/c1-22(17-24-19-34-28-18-23(29(36)37)15-16-27(24)28)35-20-31(32,33)21-38-39(30(2,3)4,25-11-7-5-8-12-25)26-13-9-6-10-14-26/h5-16,18-19,22,34-35H,17,20-21H2,1-4H3,(H,36,37)/t22-/m1/s1. The molecule has 0 bridgehead atoms. The van der Waals surface area contributed by atoms with Gasteiger partial charge in [-0.2, -0.15) is 0 Å². The van der Waals surface area contributed by atoms with Crippen LogP contribution in [0, 0.1) is 0 Å². The molecule has 0 saturated carbocycles. The molecule has 0 amide bonds. The first-order valence-electron chi connectivity index (χ1n) is 13.1. The third kappa shape index (κ3) is 6.29. The Labute approximate surface area is 229 Å². The van der Waals surface area contributed by atoms with Crippen LogP contribution in [0.2, 0.25) is 5.04 Å². The molecule has 3 N–H and O–H groups in total. The number of H-pyrrole nitrogens is 1. The van der Waals surface area contributed by atoms with Gasteiger partial charge in [0.05, 0.1) is 18.7 Å². The van der Waals surface area contributed by atoms with Crippen molar-refractivity contribution in [1.29, 1.82) is 0 Å². The Bertz CT molecular complexity index is 1360. The Morgan fingerprint density at radius 2 is 1.59 bits per heavy atom. The fourth-order valence-corrected chi connectivity index (χ4v) is 9.82. The van der Waals surface area contributed by atoms with E-state index in [0.717, 1.165) is 21.3 Å². The molecule has 0 spiro atoms. The van der Waals surface area contributed by atoms with E-state index in [9.17, 15) is 9.90 Å². The molecule has 1 aromatic heterocycles. The van der Waals surface area contributed by atoms with Gasteiger partial charge in [0.25, 0.3) is 14.2 Å². The summed E-state index contributed by atoms with van der Waals surface area (Å²) >= 11 is 0. The number of hydrogen-bond donors (Lipinski definition) is 3. The Balaban J connectivity index is 1.48. The average molecular weight is 551 g/mol. The summed E-state index contributed by atoms with van der Waals surface area (Å²) < 4.78 is 37.2. The molecular weight excluding hydrogens is 514 g/mol. The number of rotatable bonds is 11. The molecule has 3 aromatic carbocycles. The number of aromatic nitrogens is 1.